The lowest BCUT2D eigenvalue weighted by Crippen LogP contribution is -2.37. The van der Waals surface area contributed by atoms with E-state index in [1.165, 1.54) is 6.07 Å². The molecule has 0 bridgehead atoms. The third-order valence-electron chi connectivity index (χ3n) is 2.81. The van der Waals surface area contributed by atoms with Crippen LogP contribution in [0.5, 0.6) is 0 Å². The van der Waals surface area contributed by atoms with Crippen molar-refractivity contribution in [2.75, 3.05) is 13.1 Å². The number of rotatable bonds is 2. The monoisotopic (exact) mass is 287 g/mol. The lowest BCUT2D eigenvalue weighted by Gasteiger charge is -2.29. The van der Waals surface area contributed by atoms with E-state index in [-0.39, 0.29) is 11.9 Å². The predicted octanol–water partition coefficient (Wildman–Crippen LogP) is 2.54. The van der Waals surface area contributed by atoms with Gasteiger partial charge in [-0.2, -0.15) is 0 Å². The van der Waals surface area contributed by atoms with Gasteiger partial charge in [0.1, 0.15) is 5.82 Å². The minimum absolute atomic E-state index is 0.220. The largest absolute Gasteiger partial charge is 0.392 e. The summed E-state index contributed by atoms with van der Waals surface area (Å²) in [7, 11) is 0. The Kier molecular flexibility index (Phi) is 3.95. The number of piperidine rings is 1. The van der Waals surface area contributed by atoms with E-state index in [0.29, 0.717) is 13.1 Å². The van der Waals surface area contributed by atoms with Gasteiger partial charge >= 0.3 is 0 Å². The van der Waals surface area contributed by atoms with Crippen molar-refractivity contribution in [2.45, 2.75) is 25.5 Å². The summed E-state index contributed by atoms with van der Waals surface area (Å²) in [5, 5.41) is 9.54. The van der Waals surface area contributed by atoms with Gasteiger partial charge in [0.25, 0.3) is 0 Å². The van der Waals surface area contributed by atoms with Crippen molar-refractivity contribution in [3.63, 3.8) is 0 Å². The standard InChI is InChI=1S/C12H15BrFNO/c13-10-4-9(5-11(14)6-10)7-15-3-1-2-12(16)8-15/h4-6,12,16H,1-3,7-8H2. The summed E-state index contributed by atoms with van der Waals surface area (Å²) in [5.41, 5.74) is 0.945. The molecule has 88 valence electrons. The second-order valence-corrected chi connectivity index (χ2v) is 5.22. The Morgan fingerprint density at radius 3 is 2.94 bits per heavy atom. The molecule has 1 aromatic rings. The maximum absolute atomic E-state index is 13.2. The molecular weight excluding hydrogens is 273 g/mol. The van der Waals surface area contributed by atoms with Crippen LogP contribution in [-0.2, 0) is 6.54 Å². The van der Waals surface area contributed by atoms with Crippen LogP contribution in [0.25, 0.3) is 0 Å². The summed E-state index contributed by atoms with van der Waals surface area (Å²) in [6.45, 7) is 2.37. The Labute approximate surface area is 103 Å². The molecule has 1 saturated heterocycles. The highest BCUT2D eigenvalue weighted by Crippen LogP contribution is 2.18. The third-order valence-corrected chi connectivity index (χ3v) is 3.27. The first-order valence-corrected chi connectivity index (χ1v) is 6.28. The number of benzene rings is 1. The van der Waals surface area contributed by atoms with Crippen molar-refractivity contribution in [3.8, 4) is 0 Å². The maximum atomic E-state index is 13.2. The van der Waals surface area contributed by atoms with Gasteiger partial charge in [-0.25, -0.2) is 4.39 Å². The summed E-state index contributed by atoms with van der Waals surface area (Å²) >= 11 is 3.28. The van der Waals surface area contributed by atoms with Crippen LogP contribution in [0.15, 0.2) is 22.7 Å². The first kappa shape index (κ1) is 12.0. The minimum Gasteiger partial charge on any atom is -0.392 e. The maximum Gasteiger partial charge on any atom is 0.124 e. The molecule has 1 N–H and O–H groups in total. The quantitative estimate of drug-likeness (QED) is 0.904. The summed E-state index contributed by atoms with van der Waals surface area (Å²) < 4.78 is 13.9. The van der Waals surface area contributed by atoms with Gasteiger partial charge in [-0.05, 0) is 43.1 Å². The molecule has 1 fully saturated rings. The van der Waals surface area contributed by atoms with Crippen LogP contribution < -0.4 is 0 Å². The van der Waals surface area contributed by atoms with E-state index in [1.54, 1.807) is 6.07 Å². The molecule has 0 aliphatic carbocycles. The molecule has 1 aliphatic rings. The molecule has 16 heavy (non-hydrogen) atoms. The van der Waals surface area contributed by atoms with Crippen LogP contribution in [0.1, 0.15) is 18.4 Å². The lowest BCUT2D eigenvalue weighted by molar-refractivity contribution is 0.0668. The first-order valence-electron chi connectivity index (χ1n) is 5.49. The number of β-amino-alcohol motifs (C(OH)–C–C–N with tert-alkyl or cyclic N) is 1. The van der Waals surface area contributed by atoms with Crippen molar-refractivity contribution in [1.82, 2.24) is 4.90 Å². The Balaban J connectivity index is 2.02. The fraction of sp³-hybridized carbons (Fsp3) is 0.500. The highest BCUT2D eigenvalue weighted by Gasteiger charge is 2.17. The van der Waals surface area contributed by atoms with Crippen molar-refractivity contribution in [3.05, 3.63) is 34.1 Å². The highest BCUT2D eigenvalue weighted by atomic mass is 79.9. The first-order chi connectivity index (χ1) is 7.63. The zero-order valence-electron chi connectivity index (χ0n) is 9.00. The molecule has 0 saturated carbocycles. The molecule has 0 radical (unpaired) electrons. The molecule has 2 nitrogen and oxygen atoms in total. The average molecular weight is 288 g/mol. The summed E-state index contributed by atoms with van der Waals surface area (Å²) in [5.74, 6) is -0.220. The van der Waals surface area contributed by atoms with Crippen LogP contribution in [0, 0.1) is 5.82 Å². The van der Waals surface area contributed by atoms with E-state index in [4.69, 9.17) is 0 Å². The molecule has 0 aromatic heterocycles. The van der Waals surface area contributed by atoms with Crippen LogP contribution >= 0.6 is 15.9 Å². The van der Waals surface area contributed by atoms with Gasteiger partial charge in [0, 0.05) is 17.6 Å². The fourth-order valence-corrected chi connectivity index (χ4v) is 2.65. The zero-order chi connectivity index (χ0) is 11.5. The normalized spacial score (nSPS) is 22.3. The van der Waals surface area contributed by atoms with Crippen LogP contribution in [0.2, 0.25) is 0 Å². The van der Waals surface area contributed by atoms with Crippen LogP contribution in [0.4, 0.5) is 4.39 Å². The topological polar surface area (TPSA) is 23.5 Å². The average Bonchev–Trinajstić information content (AvgIpc) is 2.15. The fourth-order valence-electron chi connectivity index (χ4n) is 2.14. The third kappa shape index (κ3) is 3.27. The smallest absolute Gasteiger partial charge is 0.124 e. The number of aliphatic hydroxyl groups is 1. The molecule has 0 amide bonds. The number of hydrogen-bond acceptors (Lipinski definition) is 2. The Morgan fingerprint density at radius 1 is 1.44 bits per heavy atom. The Hall–Kier alpha value is -0.450. The van der Waals surface area contributed by atoms with E-state index < -0.39 is 0 Å². The van der Waals surface area contributed by atoms with Crippen LogP contribution in [0.3, 0.4) is 0 Å². The van der Waals surface area contributed by atoms with E-state index in [2.05, 4.69) is 20.8 Å². The number of likely N-dealkylation sites (tertiary alicyclic amines) is 1. The van der Waals surface area contributed by atoms with E-state index >= 15 is 0 Å². The molecule has 1 atom stereocenters. The molecule has 1 unspecified atom stereocenters. The Bertz CT molecular complexity index is 352. The van der Waals surface area contributed by atoms with Gasteiger partial charge in [-0.3, -0.25) is 4.90 Å². The molecular formula is C12H15BrFNO. The van der Waals surface area contributed by atoms with Gasteiger partial charge < -0.3 is 5.11 Å². The van der Waals surface area contributed by atoms with Crippen molar-refractivity contribution < 1.29 is 9.50 Å². The molecule has 1 heterocycles. The summed E-state index contributed by atoms with van der Waals surface area (Å²) in [6.07, 6.45) is 1.66. The highest BCUT2D eigenvalue weighted by molar-refractivity contribution is 9.10. The van der Waals surface area contributed by atoms with Gasteiger partial charge in [-0.1, -0.05) is 15.9 Å². The Morgan fingerprint density at radius 2 is 2.25 bits per heavy atom. The van der Waals surface area contributed by atoms with Crippen molar-refractivity contribution in [1.29, 1.82) is 0 Å². The van der Waals surface area contributed by atoms with E-state index in [0.717, 1.165) is 29.4 Å². The van der Waals surface area contributed by atoms with E-state index in [1.807, 2.05) is 6.07 Å². The summed E-state index contributed by atoms with van der Waals surface area (Å²) in [6, 6.07) is 4.92. The van der Waals surface area contributed by atoms with Crippen LogP contribution in [-0.4, -0.2) is 29.2 Å². The second-order valence-electron chi connectivity index (χ2n) is 4.31. The molecule has 0 spiro atoms. The molecule has 4 heteroatoms. The van der Waals surface area contributed by atoms with Gasteiger partial charge in [0.05, 0.1) is 6.10 Å². The number of nitrogens with zero attached hydrogens (tertiary/aromatic N) is 1. The predicted molar refractivity (Wildman–Crippen MR) is 64.6 cm³/mol. The number of aliphatic hydroxyl groups excluding tert-OH is 1. The zero-order valence-corrected chi connectivity index (χ0v) is 10.6. The number of halogens is 2. The molecule has 1 aromatic carbocycles. The SMILES string of the molecule is OC1CCCN(Cc2cc(F)cc(Br)c2)C1. The van der Waals surface area contributed by atoms with Gasteiger partial charge in [0.2, 0.25) is 0 Å². The van der Waals surface area contributed by atoms with Gasteiger partial charge in [0.15, 0.2) is 0 Å². The summed E-state index contributed by atoms with van der Waals surface area (Å²) in [4.78, 5) is 2.16. The van der Waals surface area contributed by atoms with Crippen molar-refractivity contribution >= 4 is 15.9 Å². The minimum atomic E-state index is -0.231. The molecule has 1 aliphatic heterocycles. The lowest BCUT2D eigenvalue weighted by atomic mass is 10.1. The van der Waals surface area contributed by atoms with Gasteiger partial charge in [-0.15, -0.1) is 0 Å². The second kappa shape index (κ2) is 5.25. The number of hydrogen-bond donors (Lipinski definition) is 1. The van der Waals surface area contributed by atoms with Crippen molar-refractivity contribution in [2.24, 2.45) is 0 Å². The molecule has 2 rings (SSSR count). The van der Waals surface area contributed by atoms with E-state index in [9.17, 15) is 9.50 Å².